The largest absolute Gasteiger partial charge is 0.444 e. The number of hydrogen-bond donors (Lipinski definition) is 2. The molecule has 10 nitrogen and oxygen atoms in total. The van der Waals surface area contributed by atoms with E-state index in [0.29, 0.717) is 24.6 Å². The second kappa shape index (κ2) is 12.0. The molecule has 0 radical (unpaired) electrons. The van der Waals surface area contributed by atoms with Crippen molar-refractivity contribution in [3.05, 3.63) is 59.6 Å². The monoisotopic (exact) mass is 604 g/mol. The van der Waals surface area contributed by atoms with Gasteiger partial charge in [-0.2, -0.15) is 0 Å². The molecule has 2 amide bonds. The molecule has 228 valence electrons. The van der Waals surface area contributed by atoms with E-state index in [4.69, 9.17) is 14.5 Å². The van der Waals surface area contributed by atoms with E-state index in [1.165, 1.54) is 0 Å². The van der Waals surface area contributed by atoms with E-state index >= 15 is 0 Å². The lowest BCUT2D eigenvalue weighted by Crippen LogP contribution is -2.37. The summed E-state index contributed by atoms with van der Waals surface area (Å²) >= 11 is 4.56. The van der Waals surface area contributed by atoms with Gasteiger partial charge in [0.1, 0.15) is 28.5 Å². The summed E-state index contributed by atoms with van der Waals surface area (Å²) in [4.78, 5) is 41.6. The van der Waals surface area contributed by atoms with Crippen LogP contribution < -0.4 is 0 Å². The van der Waals surface area contributed by atoms with Crippen molar-refractivity contribution in [2.24, 2.45) is 0 Å². The van der Waals surface area contributed by atoms with Gasteiger partial charge in [-0.1, -0.05) is 30.9 Å². The normalized spacial score (nSPS) is 18.9. The van der Waals surface area contributed by atoms with Crippen LogP contribution >= 0.6 is 12.8 Å². The first-order valence-corrected chi connectivity index (χ1v) is 15.1. The highest BCUT2D eigenvalue weighted by atomic mass is 32.1. The van der Waals surface area contributed by atoms with E-state index in [1.807, 2.05) is 65.8 Å². The van der Waals surface area contributed by atoms with Crippen molar-refractivity contribution >= 4 is 25.0 Å². The van der Waals surface area contributed by atoms with Crippen LogP contribution in [0.3, 0.4) is 0 Å². The molecule has 0 aliphatic carbocycles. The summed E-state index contributed by atoms with van der Waals surface area (Å²) in [6.45, 7) is 12.5. The van der Waals surface area contributed by atoms with Crippen LogP contribution in [0.25, 0.3) is 11.3 Å². The van der Waals surface area contributed by atoms with Gasteiger partial charge in [0.05, 0.1) is 30.2 Å². The van der Waals surface area contributed by atoms with Gasteiger partial charge in [0, 0.05) is 18.7 Å². The van der Waals surface area contributed by atoms with Crippen molar-refractivity contribution in [3.63, 3.8) is 0 Å². The van der Waals surface area contributed by atoms with Gasteiger partial charge in [-0.05, 0) is 90.8 Å². The maximum absolute atomic E-state index is 12.7. The fourth-order valence-electron chi connectivity index (χ4n) is 5.36. The molecule has 1 aromatic carbocycles. The standard InChI is InChI=1S/C32H40N6O4S/c1-31(2,3)41-29(39)36-17-7-9-25(36)27-33-19-24(35-27)22-14-11-21(12-15-22)13-16-23-20-38(43)28(34-23)26-10-8-18-37(26)30(40)42-32(4,5)6/h11-12,14-15,19-20,25-26,43H,7-10,17-18H2,1-6H3,(H,33,35). The Bertz CT molecular complexity index is 1540. The molecular formula is C32H40N6O4S. The summed E-state index contributed by atoms with van der Waals surface area (Å²) in [7, 11) is 0. The summed E-state index contributed by atoms with van der Waals surface area (Å²) in [6, 6.07) is 7.53. The second-order valence-electron chi connectivity index (χ2n) is 13.0. The van der Waals surface area contributed by atoms with Crippen LogP contribution in [0.15, 0.2) is 36.7 Å². The quantitative estimate of drug-likeness (QED) is 0.261. The Morgan fingerprint density at radius 3 is 2.09 bits per heavy atom. The fourth-order valence-corrected chi connectivity index (χ4v) is 5.65. The lowest BCUT2D eigenvalue weighted by molar-refractivity contribution is 0.0208. The highest BCUT2D eigenvalue weighted by Gasteiger charge is 2.36. The van der Waals surface area contributed by atoms with Gasteiger partial charge in [0.2, 0.25) is 0 Å². The van der Waals surface area contributed by atoms with Gasteiger partial charge in [-0.15, -0.1) is 0 Å². The zero-order valence-corrected chi connectivity index (χ0v) is 26.6. The zero-order chi connectivity index (χ0) is 30.9. The summed E-state index contributed by atoms with van der Waals surface area (Å²) in [5, 5.41) is 0. The average Bonchev–Trinajstić information content (AvgIpc) is 3.72. The number of hydrogen-bond acceptors (Lipinski definition) is 7. The third-order valence-corrected chi connectivity index (χ3v) is 7.54. The Morgan fingerprint density at radius 1 is 0.907 bits per heavy atom. The number of carbonyl (C=O) groups excluding carboxylic acids is 2. The molecule has 2 aliphatic rings. The summed E-state index contributed by atoms with van der Waals surface area (Å²) < 4.78 is 12.8. The maximum Gasteiger partial charge on any atom is 0.410 e. The molecule has 3 aromatic rings. The van der Waals surface area contributed by atoms with Crippen LogP contribution in [0.4, 0.5) is 9.59 Å². The molecule has 2 aliphatic heterocycles. The van der Waals surface area contributed by atoms with Gasteiger partial charge in [0.25, 0.3) is 0 Å². The minimum absolute atomic E-state index is 0.134. The number of imidazole rings is 2. The molecule has 2 saturated heterocycles. The molecule has 4 heterocycles. The number of likely N-dealkylation sites (tertiary alicyclic amines) is 2. The number of thiol groups is 1. The minimum Gasteiger partial charge on any atom is -0.444 e. The molecule has 11 heteroatoms. The number of nitrogens with zero attached hydrogens (tertiary/aromatic N) is 5. The molecule has 5 rings (SSSR count). The molecule has 2 fully saturated rings. The third kappa shape index (κ3) is 7.36. The van der Waals surface area contributed by atoms with E-state index in [0.717, 1.165) is 48.3 Å². The third-order valence-electron chi connectivity index (χ3n) is 7.22. The first-order valence-electron chi connectivity index (χ1n) is 14.7. The lowest BCUT2D eigenvalue weighted by atomic mass is 10.1. The maximum atomic E-state index is 12.7. The molecule has 2 atom stereocenters. The van der Waals surface area contributed by atoms with Crippen molar-refractivity contribution < 1.29 is 19.1 Å². The predicted molar refractivity (Wildman–Crippen MR) is 166 cm³/mol. The number of nitrogens with one attached hydrogen (secondary N) is 1. The van der Waals surface area contributed by atoms with Crippen molar-refractivity contribution in [2.75, 3.05) is 13.1 Å². The van der Waals surface area contributed by atoms with Crippen LogP contribution in [0.1, 0.15) is 102 Å². The lowest BCUT2D eigenvalue weighted by Gasteiger charge is -2.28. The highest BCUT2D eigenvalue weighted by molar-refractivity contribution is 7.78. The predicted octanol–water partition coefficient (Wildman–Crippen LogP) is 6.51. The number of carbonyl (C=O) groups is 2. The Morgan fingerprint density at radius 2 is 1.49 bits per heavy atom. The number of aromatic amines is 1. The van der Waals surface area contributed by atoms with E-state index in [9.17, 15) is 9.59 Å². The topological polar surface area (TPSA) is 106 Å². The van der Waals surface area contributed by atoms with Crippen LogP contribution in [-0.4, -0.2) is 65.2 Å². The molecule has 0 spiro atoms. The Kier molecular flexibility index (Phi) is 8.52. The number of H-pyrrole nitrogens is 1. The van der Waals surface area contributed by atoms with Gasteiger partial charge in [-0.25, -0.2) is 19.6 Å². The van der Waals surface area contributed by atoms with Crippen LogP contribution in [0.5, 0.6) is 0 Å². The Labute approximate surface area is 258 Å². The van der Waals surface area contributed by atoms with Crippen LogP contribution in [-0.2, 0) is 9.47 Å². The average molecular weight is 605 g/mol. The van der Waals surface area contributed by atoms with Crippen molar-refractivity contribution in [2.45, 2.75) is 90.5 Å². The fraction of sp³-hybridized carbons (Fsp3) is 0.500. The molecule has 0 bridgehead atoms. The molecule has 43 heavy (non-hydrogen) atoms. The molecule has 2 aromatic heterocycles. The van der Waals surface area contributed by atoms with Gasteiger partial charge in [0.15, 0.2) is 0 Å². The SMILES string of the molecule is CC(C)(C)OC(=O)N1CCCC1c1ncc(-c2ccc(C#Cc3cn(S)c(C4CCCN4C(=O)OC(C)(C)C)n3)cc2)[nH]1. The van der Waals surface area contributed by atoms with Gasteiger partial charge in [-0.3, -0.25) is 13.8 Å². The van der Waals surface area contributed by atoms with E-state index in [1.54, 1.807) is 26.2 Å². The number of aromatic nitrogens is 4. The Hall–Kier alpha value is -3.91. The minimum atomic E-state index is -0.564. The summed E-state index contributed by atoms with van der Waals surface area (Å²) in [5.41, 5.74) is 2.14. The first-order chi connectivity index (χ1) is 20.3. The first kappa shape index (κ1) is 30.5. The summed E-state index contributed by atoms with van der Waals surface area (Å²) in [5.74, 6) is 7.73. The van der Waals surface area contributed by atoms with Crippen molar-refractivity contribution in [1.29, 1.82) is 0 Å². The molecule has 0 saturated carbocycles. The van der Waals surface area contributed by atoms with E-state index in [2.05, 4.69) is 34.6 Å². The van der Waals surface area contributed by atoms with E-state index in [-0.39, 0.29) is 24.3 Å². The van der Waals surface area contributed by atoms with E-state index < -0.39 is 11.2 Å². The molecule has 1 N–H and O–H groups in total. The summed E-state index contributed by atoms with van der Waals surface area (Å²) in [6.07, 6.45) is 6.32. The van der Waals surface area contributed by atoms with Crippen molar-refractivity contribution in [3.8, 4) is 23.1 Å². The molecular weight excluding hydrogens is 564 g/mol. The van der Waals surface area contributed by atoms with Gasteiger partial charge >= 0.3 is 12.2 Å². The van der Waals surface area contributed by atoms with Crippen LogP contribution in [0, 0.1) is 11.8 Å². The number of ether oxygens (including phenoxy) is 2. The Balaban J connectivity index is 1.25. The smallest absolute Gasteiger partial charge is 0.410 e. The number of benzene rings is 1. The highest BCUT2D eigenvalue weighted by Crippen LogP contribution is 2.34. The number of amides is 2. The molecule has 2 unspecified atom stereocenters. The van der Waals surface area contributed by atoms with Gasteiger partial charge < -0.3 is 14.5 Å². The second-order valence-corrected chi connectivity index (χ2v) is 13.4. The number of rotatable bonds is 3. The zero-order valence-electron chi connectivity index (χ0n) is 25.7. The van der Waals surface area contributed by atoms with Crippen LogP contribution in [0.2, 0.25) is 0 Å². The van der Waals surface area contributed by atoms with Crippen molar-refractivity contribution in [1.82, 2.24) is 28.7 Å².